The molecule has 0 amide bonds. The Labute approximate surface area is 128 Å². The van der Waals surface area contributed by atoms with Crippen molar-refractivity contribution in [3.8, 4) is 0 Å². The number of rotatable bonds is 6. The average molecular weight is 289 g/mol. The zero-order chi connectivity index (χ0) is 16.0. The van der Waals surface area contributed by atoms with E-state index in [-0.39, 0.29) is 11.9 Å². The Balaban J connectivity index is 2.59. The molecule has 116 valence electrons. The molecular formula is C18H27NO2. The highest BCUT2D eigenvalue weighted by atomic mass is 16.6. The Morgan fingerprint density at radius 2 is 2.00 bits per heavy atom. The zero-order valence-electron chi connectivity index (χ0n) is 13.6. The van der Waals surface area contributed by atoms with Crippen molar-refractivity contribution in [2.24, 2.45) is 17.6 Å². The zero-order valence-corrected chi connectivity index (χ0v) is 13.6. The van der Waals surface area contributed by atoms with Crippen molar-refractivity contribution >= 4 is 5.97 Å². The van der Waals surface area contributed by atoms with Crippen LogP contribution >= 0.6 is 0 Å². The highest BCUT2D eigenvalue weighted by Crippen LogP contribution is 2.45. The molecule has 2 unspecified atom stereocenters. The summed E-state index contributed by atoms with van der Waals surface area (Å²) >= 11 is 0. The van der Waals surface area contributed by atoms with Gasteiger partial charge in [0.2, 0.25) is 0 Å². The van der Waals surface area contributed by atoms with E-state index < -0.39 is 5.60 Å². The van der Waals surface area contributed by atoms with Gasteiger partial charge in [0.15, 0.2) is 0 Å². The van der Waals surface area contributed by atoms with Gasteiger partial charge in [0.05, 0.1) is 5.92 Å². The van der Waals surface area contributed by atoms with E-state index >= 15 is 0 Å². The van der Waals surface area contributed by atoms with Crippen molar-refractivity contribution in [2.45, 2.75) is 46.1 Å². The van der Waals surface area contributed by atoms with E-state index in [0.717, 1.165) is 18.4 Å². The Kier molecular flexibility index (Phi) is 6.01. The van der Waals surface area contributed by atoms with Gasteiger partial charge in [0, 0.05) is 0 Å². The number of hydrogen-bond donors (Lipinski definition) is 1. The lowest BCUT2D eigenvalue weighted by atomic mass is 10.1. The fourth-order valence-electron chi connectivity index (χ4n) is 2.12. The van der Waals surface area contributed by atoms with Gasteiger partial charge in [-0.05, 0) is 58.2 Å². The molecule has 1 aliphatic rings. The topological polar surface area (TPSA) is 52.3 Å². The first-order valence-electron chi connectivity index (χ1n) is 7.38. The van der Waals surface area contributed by atoms with Crippen molar-refractivity contribution in [1.82, 2.24) is 0 Å². The smallest absolute Gasteiger partial charge is 0.310 e. The van der Waals surface area contributed by atoms with Crippen molar-refractivity contribution in [2.75, 3.05) is 0 Å². The molecule has 0 aromatic heterocycles. The molecule has 1 aliphatic carbocycles. The number of esters is 1. The summed E-state index contributed by atoms with van der Waals surface area (Å²) in [5.74, 6) is 0.247. The van der Waals surface area contributed by atoms with Gasteiger partial charge in [0.25, 0.3) is 0 Å². The summed E-state index contributed by atoms with van der Waals surface area (Å²) in [6.45, 7) is 11.5. The quantitative estimate of drug-likeness (QED) is 0.596. The monoisotopic (exact) mass is 289 g/mol. The van der Waals surface area contributed by atoms with Gasteiger partial charge in [-0.15, -0.1) is 0 Å². The predicted molar refractivity (Wildman–Crippen MR) is 87.4 cm³/mol. The molecule has 0 spiro atoms. The lowest BCUT2D eigenvalue weighted by Crippen LogP contribution is -2.25. The van der Waals surface area contributed by atoms with Gasteiger partial charge in [-0.2, -0.15) is 0 Å². The van der Waals surface area contributed by atoms with Crippen LogP contribution in [0.1, 0.15) is 40.5 Å². The SMILES string of the molecule is C=C/C(=C\C=C(/C)C1CC1C(=O)OC(C)(C)C)C/C=C\N. The number of hydrogen-bond acceptors (Lipinski definition) is 3. The standard InChI is InChI=1S/C18H27NO2/c1-6-14(8-7-11-19)10-9-13(2)15-12-16(15)17(20)21-18(3,4)5/h6-7,9-11,15-16H,1,8,12,19H2,2-5H3/b11-7-,13-9+,14-10+. The first-order valence-corrected chi connectivity index (χ1v) is 7.38. The predicted octanol–water partition coefficient (Wildman–Crippen LogP) is 3.89. The molecule has 0 bridgehead atoms. The van der Waals surface area contributed by atoms with Gasteiger partial charge in [-0.3, -0.25) is 4.79 Å². The summed E-state index contributed by atoms with van der Waals surface area (Å²) < 4.78 is 5.42. The van der Waals surface area contributed by atoms with Gasteiger partial charge in [-0.1, -0.05) is 36.5 Å². The highest BCUT2D eigenvalue weighted by molar-refractivity contribution is 5.77. The van der Waals surface area contributed by atoms with Crippen molar-refractivity contribution in [1.29, 1.82) is 0 Å². The van der Waals surface area contributed by atoms with E-state index in [1.54, 1.807) is 0 Å². The Hall–Kier alpha value is -1.77. The van der Waals surface area contributed by atoms with Crippen molar-refractivity contribution in [3.63, 3.8) is 0 Å². The lowest BCUT2D eigenvalue weighted by Gasteiger charge is -2.19. The third-order valence-corrected chi connectivity index (χ3v) is 3.40. The van der Waals surface area contributed by atoms with Crippen LogP contribution in [-0.2, 0) is 9.53 Å². The molecular weight excluding hydrogens is 262 g/mol. The van der Waals surface area contributed by atoms with E-state index in [2.05, 4.69) is 19.6 Å². The van der Waals surface area contributed by atoms with E-state index in [0.29, 0.717) is 5.92 Å². The fourth-order valence-corrected chi connectivity index (χ4v) is 2.12. The number of nitrogens with two attached hydrogens (primary N) is 1. The van der Waals surface area contributed by atoms with Crippen molar-refractivity contribution in [3.05, 3.63) is 48.2 Å². The summed E-state index contributed by atoms with van der Waals surface area (Å²) in [6.07, 6.45) is 11.0. The number of carbonyl (C=O) groups is 1. The Morgan fingerprint density at radius 1 is 1.33 bits per heavy atom. The second-order valence-electron chi connectivity index (χ2n) is 6.47. The van der Waals surface area contributed by atoms with E-state index in [9.17, 15) is 4.79 Å². The maximum atomic E-state index is 12.0. The van der Waals surface area contributed by atoms with E-state index in [1.807, 2.05) is 39.0 Å². The molecule has 3 heteroatoms. The molecule has 3 nitrogen and oxygen atoms in total. The normalized spacial score (nSPS) is 23.2. The molecule has 0 aromatic carbocycles. The van der Waals surface area contributed by atoms with Crippen LogP contribution in [0.5, 0.6) is 0 Å². The third kappa shape index (κ3) is 6.03. The second kappa shape index (κ2) is 7.30. The van der Waals surface area contributed by atoms with Crippen LogP contribution in [0.2, 0.25) is 0 Å². The second-order valence-corrected chi connectivity index (χ2v) is 6.47. The maximum Gasteiger partial charge on any atom is 0.310 e. The van der Waals surface area contributed by atoms with Crippen LogP contribution in [0.15, 0.2) is 48.2 Å². The molecule has 1 fully saturated rings. The Morgan fingerprint density at radius 3 is 2.52 bits per heavy atom. The minimum atomic E-state index is -0.410. The molecule has 0 radical (unpaired) electrons. The van der Waals surface area contributed by atoms with Gasteiger partial charge >= 0.3 is 5.97 Å². The minimum absolute atomic E-state index is 0.0185. The van der Waals surface area contributed by atoms with Crippen LogP contribution in [0.25, 0.3) is 0 Å². The number of ether oxygens (including phenoxy) is 1. The lowest BCUT2D eigenvalue weighted by molar-refractivity contribution is -0.156. The molecule has 0 aliphatic heterocycles. The molecule has 2 N–H and O–H groups in total. The maximum absolute atomic E-state index is 12.0. The molecule has 1 rings (SSSR count). The first kappa shape index (κ1) is 17.3. The largest absolute Gasteiger partial charge is 0.460 e. The summed E-state index contributed by atoms with van der Waals surface area (Å²) in [5, 5.41) is 0. The van der Waals surface area contributed by atoms with E-state index in [4.69, 9.17) is 10.5 Å². The summed E-state index contributed by atoms with van der Waals surface area (Å²) in [5.41, 5.74) is 7.24. The fraction of sp³-hybridized carbons (Fsp3) is 0.500. The van der Waals surface area contributed by atoms with Crippen molar-refractivity contribution < 1.29 is 9.53 Å². The molecule has 0 heterocycles. The molecule has 0 saturated heterocycles. The van der Waals surface area contributed by atoms with Gasteiger partial charge < -0.3 is 10.5 Å². The first-order chi connectivity index (χ1) is 9.78. The summed E-state index contributed by atoms with van der Waals surface area (Å²) in [7, 11) is 0. The van der Waals surface area contributed by atoms with Gasteiger partial charge in [0.1, 0.15) is 5.60 Å². The van der Waals surface area contributed by atoms with Crippen LogP contribution in [0, 0.1) is 11.8 Å². The molecule has 0 aromatic rings. The summed E-state index contributed by atoms with van der Waals surface area (Å²) in [6, 6.07) is 0. The average Bonchev–Trinajstić information content (AvgIpc) is 3.17. The highest BCUT2D eigenvalue weighted by Gasteiger charge is 2.45. The van der Waals surface area contributed by atoms with E-state index in [1.165, 1.54) is 11.8 Å². The van der Waals surface area contributed by atoms with Crippen LogP contribution < -0.4 is 5.73 Å². The third-order valence-electron chi connectivity index (χ3n) is 3.40. The molecule has 1 saturated carbocycles. The van der Waals surface area contributed by atoms with Crippen LogP contribution in [0.3, 0.4) is 0 Å². The van der Waals surface area contributed by atoms with Crippen LogP contribution in [-0.4, -0.2) is 11.6 Å². The molecule has 21 heavy (non-hydrogen) atoms. The summed E-state index contributed by atoms with van der Waals surface area (Å²) in [4.78, 5) is 12.0. The molecule has 2 atom stereocenters. The minimum Gasteiger partial charge on any atom is -0.460 e. The number of allylic oxidation sites excluding steroid dienone is 6. The van der Waals surface area contributed by atoms with Gasteiger partial charge in [-0.25, -0.2) is 0 Å². The van der Waals surface area contributed by atoms with Crippen LogP contribution in [0.4, 0.5) is 0 Å². The number of carbonyl (C=O) groups excluding carboxylic acids is 1. The Bertz CT molecular complexity index is 478.